The molecule has 0 radical (unpaired) electrons. The van der Waals surface area contributed by atoms with Crippen LogP contribution < -0.4 is 14.2 Å². The molecule has 2 aromatic carbocycles. The number of benzene rings is 2. The van der Waals surface area contributed by atoms with Crippen LogP contribution in [0.3, 0.4) is 0 Å². The van der Waals surface area contributed by atoms with E-state index in [9.17, 15) is 4.79 Å². The lowest BCUT2D eigenvalue weighted by Crippen LogP contribution is -2.03. The van der Waals surface area contributed by atoms with E-state index in [1.165, 1.54) is 11.6 Å². The molecule has 0 N–H and O–H groups in total. The zero-order valence-corrected chi connectivity index (χ0v) is 15.7. The quantitative estimate of drug-likeness (QED) is 0.386. The van der Waals surface area contributed by atoms with Gasteiger partial charge in [-0.05, 0) is 53.8 Å². The Morgan fingerprint density at radius 3 is 2.60 bits per heavy atom. The zero-order chi connectivity index (χ0) is 17.8. The van der Waals surface area contributed by atoms with E-state index in [0.29, 0.717) is 23.2 Å². The molecule has 2 aromatic rings. The number of hydrogen-bond donors (Lipinski definition) is 0. The van der Waals surface area contributed by atoms with Crippen LogP contribution in [-0.4, -0.2) is 12.8 Å². The van der Waals surface area contributed by atoms with Gasteiger partial charge in [0.1, 0.15) is 5.75 Å². The second-order valence-corrected chi connectivity index (χ2v) is 6.71. The molecule has 1 unspecified atom stereocenters. The maximum absolute atomic E-state index is 12.0. The molecule has 0 aromatic heterocycles. The van der Waals surface area contributed by atoms with Crippen molar-refractivity contribution in [2.24, 2.45) is 0 Å². The van der Waals surface area contributed by atoms with Gasteiger partial charge in [-0.1, -0.05) is 41.9 Å². The number of hydrogen-bond acceptors (Lipinski definition) is 4. The van der Waals surface area contributed by atoms with Crippen molar-refractivity contribution in [1.82, 2.24) is 0 Å². The van der Waals surface area contributed by atoms with E-state index in [1.54, 1.807) is 6.08 Å². The fourth-order valence-electron chi connectivity index (χ4n) is 2.47. The largest absolute Gasteiger partial charge is 0.454 e. The Bertz CT molecular complexity index is 796. The van der Waals surface area contributed by atoms with Crippen LogP contribution in [0.25, 0.3) is 6.08 Å². The minimum Gasteiger partial charge on any atom is -0.454 e. The highest BCUT2D eigenvalue weighted by molar-refractivity contribution is 9.10. The first-order valence-electron chi connectivity index (χ1n) is 8.16. The smallest absolute Gasteiger partial charge is 0.336 e. The van der Waals surface area contributed by atoms with Crippen LogP contribution in [0.15, 0.2) is 46.9 Å². The van der Waals surface area contributed by atoms with Crippen molar-refractivity contribution in [1.29, 1.82) is 0 Å². The predicted molar refractivity (Wildman–Crippen MR) is 100 cm³/mol. The zero-order valence-electron chi connectivity index (χ0n) is 14.1. The molecule has 0 saturated heterocycles. The van der Waals surface area contributed by atoms with Gasteiger partial charge in [0.05, 0.1) is 0 Å². The first-order chi connectivity index (χ1) is 12.1. The average Bonchev–Trinajstić information content (AvgIpc) is 3.06. The number of carbonyl (C=O) groups is 1. The fourth-order valence-corrected chi connectivity index (χ4v) is 2.92. The number of esters is 1. The Hall–Kier alpha value is -2.27. The number of ether oxygens (including phenoxy) is 3. The van der Waals surface area contributed by atoms with Crippen LogP contribution >= 0.6 is 15.9 Å². The van der Waals surface area contributed by atoms with Crippen molar-refractivity contribution in [3.63, 3.8) is 0 Å². The second-order valence-electron chi connectivity index (χ2n) is 5.86. The molecule has 3 rings (SSSR count). The first-order valence-corrected chi connectivity index (χ1v) is 8.95. The van der Waals surface area contributed by atoms with E-state index in [2.05, 4.69) is 29.8 Å². The fraction of sp³-hybridized carbons (Fsp3) is 0.250. The van der Waals surface area contributed by atoms with Crippen LogP contribution in [0, 0.1) is 0 Å². The Morgan fingerprint density at radius 2 is 1.92 bits per heavy atom. The lowest BCUT2D eigenvalue weighted by atomic mass is 9.99. The highest BCUT2D eigenvalue weighted by Crippen LogP contribution is 2.37. The van der Waals surface area contributed by atoms with E-state index in [1.807, 2.05) is 36.4 Å². The van der Waals surface area contributed by atoms with Gasteiger partial charge < -0.3 is 14.2 Å². The molecule has 25 heavy (non-hydrogen) atoms. The summed E-state index contributed by atoms with van der Waals surface area (Å²) in [6.45, 7) is 4.54. The van der Waals surface area contributed by atoms with Gasteiger partial charge in [0.2, 0.25) is 6.79 Å². The maximum atomic E-state index is 12.0. The Balaban J connectivity index is 1.65. The van der Waals surface area contributed by atoms with Crippen LogP contribution in [0.5, 0.6) is 17.2 Å². The number of rotatable bonds is 5. The van der Waals surface area contributed by atoms with E-state index in [4.69, 9.17) is 14.2 Å². The SMILES string of the molecule is CCC(C)c1ccc(OC(=O)C=Cc2cc3c(cc2Br)OCO3)cc1. The summed E-state index contributed by atoms with van der Waals surface area (Å²) in [4.78, 5) is 12.0. The Labute approximate surface area is 155 Å². The molecule has 4 nitrogen and oxygen atoms in total. The topological polar surface area (TPSA) is 44.8 Å². The van der Waals surface area contributed by atoms with Crippen LogP contribution in [0.4, 0.5) is 0 Å². The molecule has 0 fully saturated rings. The highest BCUT2D eigenvalue weighted by Gasteiger charge is 2.15. The van der Waals surface area contributed by atoms with Gasteiger partial charge in [-0.15, -0.1) is 0 Å². The third-order valence-electron chi connectivity index (χ3n) is 4.17. The summed E-state index contributed by atoms with van der Waals surface area (Å²) in [5.74, 6) is 1.95. The molecule has 0 spiro atoms. The van der Waals surface area contributed by atoms with Gasteiger partial charge in [0.15, 0.2) is 11.5 Å². The summed E-state index contributed by atoms with van der Waals surface area (Å²) in [6.07, 6.45) is 4.15. The predicted octanol–water partition coefficient (Wildman–Crippen LogP) is 5.31. The van der Waals surface area contributed by atoms with Gasteiger partial charge >= 0.3 is 5.97 Å². The van der Waals surface area contributed by atoms with Gasteiger partial charge in [0.25, 0.3) is 0 Å². The standard InChI is InChI=1S/C20H19BrO4/c1-3-13(2)14-4-7-16(8-5-14)25-20(22)9-6-15-10-18-19(11-17(15)21)24-12-23-18/h4-11,13H,3,12H2,1-2H3. The van der Waals surface area contributed by atoms with Crippen LogP contribution in [0.2, 0.25) is 0 Å². The third-order valence-corrected chi connectivity index (χ3v) is 4.86. The minimum absolute atomic E-state index is 0.212. The van der Waals surface area contributed by atoms with Crippen molar-refractivity contribution in [3.05, 3.63) is 58.1 Å². The summed E-state index contributed by atoms with van der Waals surface area (Å²) in [7, 11) is 0. The molecule has 0 aliphatic carbocycles. The molecule has 0 bridgehead atoms. The van der Waals surface area contributed by atoms with E-state index >= 15 is 0 Å². The average molecular weight is 403 g/mol. The monoisotopic (exact) mass is 402 g/mol. The van der Waals surface area contributed by atoms with Crippen LogP contribution in [0.1, 0.15) is 37.3 Å². The normalized spacial score (nSPS) is 13.9. The summed E-state index contributed by atoms with van der Waals surface area (Å²) >= 11 is 3.46. The van der Waals surface area contributed by atoms with Crippen molar-refractivity contribution in [3.8, 4) is 17.2 Å². The van der Waals surface area contributed by atoms with E-state index in [-0.39, 0.29) is 6.79 Å². The Kier molecular flexibility index (Phi) is 5.43. The maximum Gasteiger partial charge on any atom is 0.336 e. The molecule has 0 amide bonds. The van der Waals surface area contributed by atoms with E-state index in [0.717, 1.165) is 16.5 Å². The number of carbonyl (C=O) groups excluding carboxylic acids is 1. The lowest BCUT2D eigenvalue weighted by Gasteiger charge is -2.09. The highest BCUT2D eigenvalue weighted by atomic mass is 79.9. The summed E-state index contributed by atoms with van der Waals surface area (Å²) in [6, 6.07) is 11.3. The van der Waals surface area contributed by atoms with E-state index < -0.39 is 5.97 Å². The van der Waals surface area contributed by atoms with Gasteiger partial charge in [-0.25, -0.2) is 4.79 Å². The molecule has 5 heteroatoms. The summed E-state index contributed by atoms with van der Waals surface area (Å²) < 4.78 is 16.8. The first kappa shape index (κ1) is 17.5. The third kappa shape index (κ3) is 4.23. The van der Waals surface area contributed by atoms with Crippen molar-refractivity contribution < 1.29 is 19.0 Å². The second kappa shape index (κ2) is 7.74. The molecule has 130 valence electrons. The molecule has 0 saturated carbocycles. The molecular weight excluding hydrogens is 384 g/mol. The molecule has 1 aliphatic rings. The lowest BCUT2D eigenvalue weighted by molar-refractivity contribution is -0.128. The van der Waals surface area contributed by atoms with Crippen LogP contribution in [-0.2, 0) is 4.79 Å². The van der Waals surface area contributed by atoms with Gasteiger partial charge in [-0.2, -0.15) is 0 Å². The minimum atomic E-state index is -0.430. The molecule has 1 aliphatic heterocycles. The molecular formula is C20H19BrO4. The number of halogens is 1. The van der Waals surface area contributed by atoms with Crippen molar-refractivity contribution in [2.75, 3.05) is 6.79 Å². The molecule has 1 atom stereocenters. The van der Waals surface area contributed by atoms with Gasteiger partial charge in [0, 0.05) is 10.5 Å². The summed E-state index contributed by atoms with van der Waals surface area (Å²) in [5.41, 5.74) is 2.05. The molecule has 1 heterocycles. The van der Waals surface area contributed by atoms with Crippen molar-refractivity contribution in [2.45, 2.75) is 26.2 Å². The Morgan fingerprint density at radius 1 is 1.24 bits per heavy atom. The number of fused-ring (bicyclic) bond motifs is 1. The van der Waals surface area contributed by atoms with Gasteiger partial charge in [-0.3, -0.25) is 0 Å². The van der Waals surface area contributed by atoms with Crippen molar-refractivity contribution >= 4 is 28.0 Å². The summed E-state index contributed by atoms with van der Waals surface area (Å²) in [5, 5.41) is 0.